The van der Waals surface area contributed by atoms with E-state index in [2.05, 4.69) is 4.98 Å². The number of aliphatic hydroxyl groups excluding tert-OH is 1. The third kappa shape index (κ3) is 3.61. The molecule has 28 heavy (non-hydrogen) atoms. The largest absolute Gasteiger partial charge is 0.510 e. The number of methoxy groups -OCH3 is 1. The molecule has 5 nitrogen and oxygen atoms in total. The first-order valence-electron chi connectivity index (χ1n) is 8.66. The van der Waals surface area contributed by atoms with Crippen LogP contribution in [0.3, 0.4) is 0 Å². The lowest BCUT2D eigenvalue weighted by Crippen LogP contribution is -2.26. The number of aromatic nitrogens is 1. The fourth-order valence-electron chi connectivity index (χ4n) is 3.13. The van der Waals surface area contributed by atoms with Gasteiger partial charge in [-0.1, -0.05) is 35.9 Å². The van der Waals surface area contributed by atoms with Crippen LogP contribution in [-0.4, -0.2) is 34.5 Å². The molecule has 0 unspecified atom stereocenters. The molecule has 0 fully saturated rings. The molecule has 0 spiro atoms. The minimum atomic E-state index is 0.171. The van der Waals surface area contributed by atoms with Crippen LogP contribution in [0.5, 0.6) is 5.75 Å². The summed E-state index contributed by atoms with van der Waals surface area (Å²) in [5.41, 5.74) is 3.26. The summed E-state index contributed by atoms with van der Waals surface area (Å²) in [6.45, 7) is 0.806. The van der Waals surface area contributed by atoms with E-state index in [4.69, 9.17) is 21.7 Å². The van der Waals surface area contributed by atoms with Crippen molar-refractivity contribution in [1.29, 1.82) is 5.41 Å². The van der Waals surface area contributed by atoms with Gasteiger partial charge in [-0.15, -0.1) is 11.3 Å². The van der Waals surface area contributed by atoms with Gasteiger partial charge in [0.2, 0.25) is 0 Å². The van der Waals surface area contributed by atoms with Crippen LogP contribution in [0.15, 0.2) is 59.7 Å². The molecule has 0 aliphatic carbocycles. The van der Waals surface area contributed by atoms with Crippen molar-refractivity contribution in [1.82, 2.24) is 9.88 Å². The first-order chi connectivity index (χ1) is 13.5. The number of hydrogen-bond acceptors (Lipinski definition) is 5. The Hall–Kier alpha value is -2.83. The van der Waals surface area contributed by atoms with Crippen LogP contribution in [0.25, 0.3) is 16.8 Å². The summed E-state index contributed by atoms with van der Waals surface area (Å²) in [5, 5.41) is 22.3. The smallest absolute Gasteiger partial charge is 0.135 e. The molecule has 1 aromatic heterocycles. The van der Waals surface area contributed by atoms with Crippen molar-refractivity contribution in [2.45, 2.75) is 6.54 Å². The molecule has 2 N–H and O–H groups in total. The quantitative estimate of drug-likeness (QED) is 0.602. The van der Waals surface area contributed by atoms with E-state index in [0.717, 1.165) is 22.6 Å². The number of benzene rings is 2. The van der Waals surface area contributed by atoms with Gasteiger partial charge in [0.15, 0.2) is 0 Å². The molecule has 0 bridgehead atoms. The number of amidine groups is 1. The van der Waals surface area contributed by atoms with Crippen molar-refractivity contribution >= 4 is 34.3 Å². The molecular formula is C21H18ClN3O2S. The molecule has 1 aliphatic rings. The first-order valence-corrected chi connectivity index (χ1v) is 9.91. The van der Waals surface area contributed by atoms with E-state index >= 15 is 0 Å². The van der Waals surface area contributed by atoms with E-state index in [1.807, 2.05) is 58.8 Å². The van der Waals surface area contributed by atoms with Crippen LogP contribution >= 0.6 is 22.9 Å². The van der Waals surface area contributed by atoms with Crippen LogP contribution in [0.2, 0.25) is 5.02 Å². The Kier molecular flexibility index (Phi) is 5.07. The molecule has 2 heterocycles. The Morgan fingerprint density at radius 2 is 2.04 bits per heavy atom. The topological polar surface area (TPSA) is 69.4 Å². The number of halogens is 1. The minimum absolute atomic E-state index is 0.171. The highest BCUT2D eigenvalue weighted by Gasteiger charge is 2.30. The fraction of sp³-hybridized carbons (Fsp3) is 0.143. The third-order valence-electron chi connectivity index (χ3n) is 4.55. The van der Waals surface area contributed by atoms with Gasteiger partial charge >= 0.3 is 0 Å². The SMILES string of the molecule is COc1cccc(CN2CC(O)=C(c3nc(-c4ccc(Cl)cc4)cs3)C2=N)c1. The van der Waals surface area contributed by atoms with Crippen molar-refractivity contribution in [2.24, 2.45) is 0 Å². The molecule has 7 heteroatoms. The van der Waals surface area contributed by atoms with Gasteiger partial charge in [0.1, 0.15) is 22.4 Å². The Labute approximate surface area is 172 Å². The van der Waals surface area contributed by atoms with Gasteiger partial charge in [-0.05, 0) is 29.8 Å². The summed E-state index contributed by atoms with van der Waals surface area (Å²) in [5.74, 6) is 1.22. The molecular weight excluding hydrogens is 394 g/mol. The van der Waals surface area contributed by atoms with E-state index in [9.17, 15) is 5.11 Å². The molecule has 4 rings (SSSR count). The zero-order valence-corrected chi connectivity index (χ0v) is 16.7. The van der Waals surface area contributed by atoms with E-state index in [1.54, 1.807) is 7.11 Å². The average Bonchev–Trinajstić information content (AvgIpc) is 3.27. The van der Waals surface area contributed by atoms with Gasteiger partial charge in [-0.3, -0.25) is 5.41 Å². The van der Waals surface area contributed by atoms with Gasteiger partial charge in [0.25, 0.3) is 0 Å². The number of thiazole rings is 1. The van der Waals surface area contributed by atoms with E-state index in [0.29, 0.717) is 28.7 Å². The zero-order chi connectivity index (χ0) is 19.7. The van der Waals surface area contributed by atoms with Crippen molar-refractivity contribution in [2.75, 3.05) is 13.7 Å². The fourth-order valence-corrected chi connectivity index (χ4v) is 4.15. The maximum atomic E-state index is 10.5. The summed E-state index contributed by atoms with van der Waals surface area (Å²) >= 11 is 7.37. The average molecular weight is 412 g/mol. The van der Waals surface area contributed by atoms with E-state index < -0.39 is 0 Å². The lowest BCUT2D eigenvalue weighted by Gasteiger charge is -2.18. The van der Waals surface area contributed by atoms with Crippen molar-refractivity contribution in [3.63, 3.8) is 0 Å². The van der Waals surface area contributed by atoms with Crippen LogP contribution in [0.1, 0.15) is 10.6 Å². The second kappa shape index (κ2) is 7.66. The highest BCUT2D eigenvalue weighted by atomic mass is 35.5. The van der Waals surface area contributed by atoms with Gasteiger partial charge in [-0.2, -0.15) is 0 Å². The zero-order valence-electron chi connectivity index (χ0n) is 15.1. The maximum Gasteiger partial charge on any atom is 0.135 e. The number of aliphatic hydroxyl groups is 1. The normalized spacial score (nSPS) is 14.1. The Morgan fingerprint density at radius 3 is 2.79 bits per heavy atom. The van der Waals surface area contributed by atoms with Crippen molar-refractivity contribution in [3.8, 4) is 17.0 Å². The molecule has 142 valence electrons. The third-order valence-corrected chi connectivity index (χ3v) is 5.66. The molecule has 2 aromatic carbocycles. The molecule has 0 saturated heterocycles. The lowest BCUT2D eigenvalue weighted by atomic mass is 10.2. The van der Waals surface area contributed by atoms with Crippen LogP contribution < -0.4 is 4.74 Å². The summed E-state index contributed by atoms with van der Waals surface area (Å²) in [6, 6.07) is 15.2. The highest BCUT2D eigenvalue weighted by molar-refractivity contribution is 7.11. The Balaban J connectivity index is 1.55. The monoisotopic (exact) mass is 411 g/mol. The molecule has 3 aromatic rings. The predicted molar refractivity (Wildman–Crippen MR) is 113 cm³/mol. The molecule has 0 radical (unpaired) electrons. The maximum absolute atomic E-state index is 10.5. The minimum Gasteiger partial charge on any atom is -0.510 e. The number of nitrogens with one attached hydrogen (secondary N) is 1. The number of rotatable bonds is 5. The summed E-state index contributed by atoms with van der Waals surface area (Å²) in [4.78, 5) is 6.45. The van der Waals surface area contributed by atoms with Crippen LogP contribution in [-0.2, 0) is 6.54 Å². The van der Waals surface area contributed by atoms with Crippen LogP contribution in [0, 0.1) is 5.41 Å². The molecule has 0 amide bonds. The van der Waals surface area contributed by atoms with E-state index in [1.165, 1.54) is 11.3 Å². The summed E-state index contributed by atoms with van der Waals surface area (Å²) in [7, 11) is 1.63. The molecule has 1 aliphatic heterocycles. The predicted octanol–water partition coefficient (Wildman–Crippen LogP) is 5.23. The van der Waals surface area contributed by atoms with Gasteiger partial charge in [0.05, 0.1) is 24.9 Å². The molecule has 0 saturated carbocycles. The summed E-state index contributed by atoms with van der Waals surface area (Å²) < 4.78 is 5.26. The van der Waals surface area contributed by atoms with Crippen molar-refractivity contribution in [3.05, 3.63) is 75.3 Å². The highest BCUT2D eigenvalue weighted by Crippen LogP contribution is 2.33. The molecule has 0 atom stereocenters. The van der Waals surface area contributed by atoms with Gasteiger partial charge in [-0.25, -0.2) is 4.98 Å². The number of hydrogen-bond donors (Lipinski definition) is 2. The van der Waals surface area contributed by atoms with Gasteiger partial charge in [0, 0.05) is 22.5 Å². The van der Waals surface area contributed by atoms with Crippen LogP contribution in [0.4, 0.5) is 0 Å². The standard InChI is InChI=1S/C21H18ClN3O2S/c1-27-16-4-2-3-13(9-16)10-25-11-18(26)19(20(25)23)21-24-17(12-28-21)14-5-7-15(22)8-6-14/h2-9,12,23,26H,10-11H2,1H3. The number of ether oxygens (including phenoxy) is 1. The Bertz CT molecular complexity index is 1060. The summed E-state index contributed by atoms with van der Waals surface area (Å²) in [6.07, 6.45) is 0. The second-order valence-electron chi connectivity index (χ2n) is 6.42. The first kappa shape index (κ1) is 18.5. The van der Waals surface area contributed by atoms with E-state index in [-0.39, 0.29) is 11.6 Å². The van der Waals surface area contributed by atoms with Gasteiger partial charge < -0.3 is 14.7 Å². The van der Waals surface area contributed by atoms with Crippen molar-refractivity contribution < 1.29 is 9.84 Å². The Morgan fingerprint density at radius 1 is 1.25 bits per heavy atom. The number of nitrogens with zero attached hydrogens (tertiary/aromatic N) is 2. The second-order valence-corrected chi connectivity index (χ2v) is 7.72. The lowest BCUT2D eigenvalue weighted by molar-refractivity contribution is 0.346.